The molecule has 0 radical (unpaired) electrons. The fraction of sp³-hybridized carbons (Fsp3) is 0. The summed E-state index contributed by atoms with van der Waals surface area (Å²) in [6.45, 7) is 0. The Bertz CT molecular complexity index is 3080. The molecule has 0 N–H and O–H groups in total. The van der Waals surface area contributed by atoms with Gasteiger partial charge in [-0.1, -0.05) is 133 Å². The van der Waals surface area contributed by atoms with Crippen molar-refractivity contribution in [3.05, 3.63) is 170 Å². The number of hydrogen-bond acceptors (Lipinski definition) is 2. The largest absolute Gasteiger partial charge is 0.456 e. The maximum absolute atomic E-state index is 6.35. The van der Waals surface area contributed by atoms with Crippen molar-refractivity contribution in [3.8, 4) is 33.4 Å². The first-order chi connectivity index (χ1) is 24.8. The van der Waals surface area contributed by atoms with Crippen LogP contribution in [0.2, 0.25) is 0 Å². The van der Waals surface area contributed by atoms with Crippen LogP contribution < -0.4 is 0 Å². The van der Waals surface area contributed by atoms with Crippen LogP contribution in [0.1, 0.15) is 0 Å². The second kappa shape index (κ2) is 10.4. The lowest BCUT2D eigenvalue weighted by Gasteiger charge is -2.18. The van der Waals surface area contributed by atoms with Gasteiger partial charge in [-0.05, 0) is 102 Å². The van der Waals surface area contributed by atoms with E-state index in [1.807, 2.05) is 24.3 Å². The van der Waals surface area contributed by atoms with Crippen molar-refractivity contribution >= 4 is 76.2 Å². The van der Waals surface area contributed by atoms with E-state index in [0.29, 0.717) is 0 Å². The van der Waals surface area contributed by atoms with E-state index in [4.69, 9.17) is 8.83 Å². The summed E-state index contributed by atoms with van der Waals surface area (Å²) in [7, 11) is 0. The van der Waals surface area contributed by atoms with E-state index in [9.17, 15) is 0 Å². The van der Waals surface area contributed by atoms with Crippen molar-refractivity contribution in [1.29, 1.82) is 0 Å². The molecule has 0 aliphatic heterocycles. The van der Waals surface area contributed by atoms with Crippen LogP contribution in [-0.2, 0) is 0 Å². The van der Waals surface area contributed by atoms with Gasteiger partial charge in [-0.2, -0.15) is 0 Å². The average molecular weight is 637 g/mol. The van der Waals surface area contributed by atoms with Crippen molar-refractivity contribution < 1.29 is 8.83 Å². The molecule has 0 aliphatic carbocycles. The summed E-state index contributed by atoms with van der Waals surface area (Å²) in [5.74, 6) is 0. The molecular formula is C48H28O2. The molecule has 0 unspecified atom stereocenters. The molecular weight excluding hydrogens is 609 g/mol. The highest BCUT2D eigenvalue weighted by molar-refractivity contribution is 6.26. The van der Waals surface area contributed by atoms with Crippen molar-refractivity contribution in [2.24, 2.45) is 0 Å². The van der Waals surface area contributed by atoms with Crippen LogP contribution in [0.25, 0.3) is 110 Å². The van der Waals surface area contributed by atoms with Crippen LogP contribution in [0.3, 0.4) is 0 Å². The summed E-state index contributed by atoms with van der Waals surface area (Å²) >= 11 is 0. The van der Waals surface area contributed by atoms with Crippen molar-refractivity contribution in [2.75, 3.05) is 0 Å². The molecule has 11 rings (SSSR count). The van der Waals surface area contributed by atoms with Gasteiger partial charge in [-0.3, -0.25) is 0 Å². The Kier molecular flexibility index (Phi) is 5.70. The van der Waals surface area contributed by atoms with Crippen LogP contribution in [0, 0.1) is 0 Å². The van der Waals surface area contributed by atoms with Crippen LogP contribution >= 0.6 is 0 Å². The lowest BCUT2D eigenvalue weighted by molar-refractivity contribution is 0.663. The maximum Gasteiger partial charge on any atom is 0.136 e. The fourth-order valence-electron chi connectivity index (χ4n) is 8.19. The van der Waals surface area contributed by atoms with E-state index in [0.717, 1.165) is 55.0 Å². The van der Waals surface area contributed by atoms with Crippen LogP contribution in [0.4, 0.5) is 0 Å². The monoisotopic (exact) mass is 636 g/mol. The van der Waals surface area contributed by atoms with E-state index in [1.54, 1.807) is 0 Å². The molecule has 0 saturated heterocycles. The Hall–Kier alpha value is -6.64. The first-order valence-corrected chi connectivity index (χ1v) is 17.1. The zero-order valence-corrected chi connectivity index (χ0v) is 27.0. The van der Waals surface area contributed by atoms with Crippen LogP contribution in [-0.4, -0.2) is 0 Å². The van der Waals surface area contributed by atoms with Gasteiger partial charge in [0, 0.05) is 21.5 Å². The van der Waals surface area contributed by atoms with Gasteiger partial charge in [0.05, 0.1) is 0 Å². The Balaban J connectivity index is 1.08. The molecule has 0 saturated carbocycles. The predicted molar refractivity (Wildman–Crippen MR) is 210 cm³/mol. The average Bonchev–Trinajstić information content (AvgIpc) is 3.74. The summed E-state index contributed by atoms with van der Waals surface area (Å²) in [5, 5.41) is 11.9. The highest BCUT2D eigenvalue weighted by atomic mass is 16.3. The fourth-order valence-corrected chi connectivity index (χ4v) is 8.19. The second-order valence-corrected chi connectivity index (χ2v) is 13.2. The zero-order valence-electron chi connectivity index (χ0n) is 27.0. The van der Waals surface area contributed by atoms with Gasteiger partial charge in [-0.25, -0.2) is 0 Å². The van der Waals surface area contributed by atoms with E-state index in [-0.39, 0.29) is 0 Å². The Morgan fingerprint density at radius 1 is 0.260 bits per heavy atom. The molecule has 0 spiro atoms. The first kappa shape index (κ1) is 27.3. The van der Waals surface area contributed by atoms with Gasteiger partial charge in [0.1, 0.15) is 22.3 Å². The van der Waals surface area contributed by atoms with Crippen molar-refractivity contribution in [1.82, 2.24) is 0 Å². The van der Waals surface area contributed by atoms with E-state index in [1.165, 1.54) is 54.6 Å². The molecule has 0 bridgehead atoms. The van der Waals surface area contributed by atoms with E-state index in [2.05, 4.69) is 146 Å². The molecule has 0 atom stereocenters. The number of hydrogen-bond donors (Lipinski definition) is 0. The zero-order chi connectivity index (χ0) is 32.8. The minimum Gasteiger partial charge on any atom is -0.456 e. The highest BCUT2D eigenvalue weighted by Crippen LogP contribution is 2.45. The molecule has 2 nitrogen and oxygen atoms in total. The third-order valence-electron chi connectivity index (χ3n) is 10.5. The number of rotatable bonds is 3. The van der Waals surface area contributed by atoms with Gasteiger partial charge in [0.15, 0.2) is 0 Å². The van der Waals surface area contributed by atoms with Crippen molar-refractivity contribution in [3.63, 3.8) is 0 Å². The number of benzene rings is 9. The predicted octanol–water partition coefficient (Wildman–Crippen LogP) is 13.9. The van der Waals surface area contributed by atoms with Crippen LogP contribution in [0.5, 0.6) is 0 Å². The Morgan fingerprint density at radius 3 is 1.40 bits per heavy atom. The maximum atomic E-state index is 6.35. The molecule has 11 aromatic rings. The second-order valence-electron chi connectivity index (χ2n) is 13.2. The number of fused-ring (bicyclic) bond motifs is 10. The van der Waals surface area contributed by atoms with E-state index < -0.39 is 0 Å². The standard InChI is InChI=1S/C48H28O2/c1-2-10-32-27-34(22-19-29(32)9-1)46-37-13-5-3-11-35(37)45(36-12-4-6-14-38(36)46)31-20-17-30(18-21-31)33-23-24-42-40(28-33)48-44(50-42)26-25-43-47(48)39-15-7-8-16-41(39)49-43/h1-28H. The quantitative estimate of drug-likeness (QED) is 0.180. The normalized spacial score (nSPS) is 12.0. The minimum absolute atomic E-state index is 0.873. The molecule has 0 fully saturated rings. The van der Waals surface area contributed by atoms with Gasteiger partial charge in [0.2, 0.25) is 0 Å². The summed E-state index contributed by atoms with van der Waals surface area (Å²) in [6, 6.07) is 61.0. The van der Waals surface area contributed by atoms with Gasteiger partial charge < -0.3 is 8.83 Å². The van der Waals surface area contributed by atoms with Gasteiger partial charge >= 0.3 is 0 Å². The molecule has 0 amide bonds. The molecule has 2 aromatic heterocycles. The molecule has 9 aromatic carbocycles. The third-order valence-corrected chi connectivity index (χ3v) is 10.5. The summed E-state index contributed by atoms with van der Waals surface area (Å²) in [6.07, 6.45) is 0. The summed E-state index contributed by atoms with van der Waals surface area (Å²) < 4.78 is 12.6. The number of para-hydroxylation sites is 1. The molecule has 2 heteroatoms. The summed E-state index contributed by atoms with van der Waals surface area (Å²) in [4.78, 5) is 0. The van der Waals surface area contributed by atoms with Crippen LogP contribution in [0.15, 0.2) is 179 Å². The molecule has 2 heterocycles. The Labute approximate surface area is 287 Å². The van der Waals surface area contributed by atoms with E-state index >= 15 is 0 Å². The summed E-state index contributed by atoms with van der Waals surface area (Å²) in [5.41, 5.74) is 10.8. The van der Waals surface area contributed by atoms with Crippen molar-refractivity contribution in [2.45, 2.75) is 0 Å². The molecule has 0 aliphatic rings. The first-order valence-electron chi connectivity index (χ1n) is 17.1. The van der Waals surface area contributed by atoms with Gasteiger partial charge in [0.25, 0.3) is 0 Å². The molecule has 232 valence electrons. The molecule has 50 heavy (non-hydrogen) atoms. The third kappa shape index (κ3) is 3.96. The van der Waals surface area contributed by atoms with Gasteiger partial charge in [-0.15, -0.1) is 0 Å². The Morgan fingerprint density at radius 2 is 0.720 bits per heavy atom. The lowest BCUT2D eigenvalue weighted by atomic mass is 9.85. The lowest BCUT2D eigenvalue weighted by Crippen LogP contribution is -1.91. The smallest absolute Gasteiger partial charge is 0.136 e. The topological polar surface area (TPSA) is 26.3 Å². The number of furan rings is 2. The minimum atomic E-state index is 0.873. The highest BCUT2D eigenvalue weighted by Gasteiger charge is 2.19. The SMILES string of the molecule is c1ccc2cc(-c3c4ccccc4c(-c4ccc(-c5ccc6oc7ccc8oc9ccccc9c8c7c6c5)cc4)c4ccccc34)ccc2c1.